The molecule has 4 unspecified atom stereocenters. The number of aliphatic hydroxyl groups excluding tert-OH is 3. The average molecular weight is 303 g/mol. The fourth-order valence-electron chi connectivity index (χ4n) is 1.65. The quantitative estimate of drug-likeness (QED) is 0.229. The number of rotatable bonds is 6. The molecule has 18 heavy (non-hydrogen) atoms. The molecule has 0 aliphatic carbocycles. The van der Waals surface area contributed by atoms with Crippen molar-refractivity contribution in [1.29, 1.82) is 0 Å². The first-order chi connectivity index (χ1) is 8.27. The third-order valence-corrected chi connectivity index (χ3v) is 4.11. The molecule has 10 heteroatoms. The Kier molecular flexibility index (Phi) is 5.80. The zero-order chi connectivity index (χ0) is 13.9. The van der Waals surface area contributed by atoms with Crippen molar-refractivity contribution in [1.82, 2.24) is 5.06 Å². The minimum atomic E-state index is -4.52. The molecule has 4 atom stereocenters. The Morgan fingerprint density at radius 3 is 2.22 bits per heavy atom. The van der Waals surface area contributed by atoms with E-state index in [1.54, 1.807) is 0 Å². The van der Waals surface area contributed by atoms with Crippen molar-refractivity contribution >= 4 is 22.7 Å². The van der Waals surface area contributed by atoms with Crippen molar-refractivity contribution in [2.75, 3.05) is 5.75 Å². The lowest BCUT2D eigenvalue weighted by Crippen LogP contribution is -2.45. The van der Waals surface area contributed by atoms with E-state index in [1.807, 2.05) is 0 Å². The van der Waals surface area contributed by atoms with Gasteiger partial charge in [0.1, 0.15) is 17.7 Å². The second-order valence-electron chi connectivity index (χ2n) is 3.96. The van der Waals surface area contributed by atoms with Crippen molar-refractivity contribution in [3.8, 4) is 0 Å². The Balaban J connectivity index is 2.70. The van der Waals surface area contributed by atoms with Gasteiger partial charge in [-0.1, -0.05) is 0 Å². The van der Waals surface area contributed by atoms with Crippen LogP contribution in [0.2, 0.25) is 0 Å². The van der Waals surface area contributed by atoms with E-state index >= 15 is 0 Å². The van der Waals surface area contributed by atoms with Gasteiger partial charge in [0.2, 0.25) is 0 Å². The minimum Gasteiger partial charge on any atom is -0.376 e. The highest BCUT2D eigenvalue weighted by Gasteiger charge is 2.38. The van der Waals surface area contributed by atoms with Gasteiger partial charge in [-0.3, -0.25) is 9.39 Å². The second-order valence-corrected chi connectivity index (χ2v) is 6.04. The van der Waals surface area contributed by atoms with Gasteiger partial charge < -0.3 is 15.3 Å². The van der Waals surface area contributed by atoms with Crippen LogP contribution in [0.4, 0.5) is 0 Å². The Labute approximate surface area is 110 Å². The molecule has 1 aliphatic heterocycles. The van der Waals surface area contributed by atoms with E-state index in [1.165, 1.54) is 0 Å². The number of hydrogen-bond donors (Lipinski definition) is 5. The molecule has 1 heterocycles. The van der Waals surface area contributed by atoms with Gasteiger partial charge in [-0.15, -0.1) is 5.06 Å². The molecule has 1 saturated heterocycles. The first-order valence-corrected chi connectivity index (χ1v) is 7.47. The lowest BCUT2D eigenvalue weighted by molar-refractivity contribution is -0.337. The van der Waals surface area contributed by atoms with E-state index in [4.69, 9.17) is 9.39 Å². The Hall–Kier alpha value is 0.0600. The molecule has 0 aromatic heterocycles. The third kappa shape index (κ3) is 4.03. The highest BCUT2D eigenvalue weighted by Crippen LogP contribution is 2.23. The highest BCUT2D eigenvalue weighted by atomic mass is 32.2. The van der Waals surface area contributed by atoms with Crippen LogP contribution in [0.25, 0.3) is 0 Å². The lowest BCUT2D eigenvalue weighted by Gasteiger charge is -2.28. The average Bonchev–Trinajstić information content (AvgIpc) is 2.55. The molecule has 0 bridgehead atoms. The van der Waals surface area contributed by atoms with Gasteiger partial charge in [-0.2, -0.15) is 21.0 Å². The zero-order valence-electron chi connectivity index (χ0n) is 9.45. The molecule has 4 N–H and O–H groups in total. The summed E-state index contributed by atoms with van der Waals surface area (Å²) in [6.45, 7) is 0. The number of hydrogen-bond acceptors (Lipinski definition) is 8. The summed E-state index contributed by atoms with van der Waals surface area (Å²) in [6, 6.07) is 0. The third-order valence-electron chi connectivity index (χ3n) is 2.61. The molecule has 0 amide bonds. The van der Waals surface area contributed by atoms with Gasteiger partial charge in [0.15, 0.2) is 6.29 Å². The van der Waals surface area contributed by atoms with E-state index in [-0.39, 0.29) is 25.0 Å². The SMILES string of the molecule is O=S(=O)(O)C(CCS)C(O)ON1C(O)CCC1O. The summed E-state index contributed by atoms with van der Waals surface area (Å²) in [6.07, 6.45) is -3.83. The highest BCUT2D eigenvalue weighted by molar-refractivity contribution is 7.86. The molecule has 0 spiro atoms. The summed E-state index contributed by atoms with van der Waals surface area (Å²) in [5.41, 5.74) is 0. The Morgan fingerprint density at radius 1 is 1.33 bits per heavy atom. The smallest absolute Gasteiger partial charge is 0.272 e. The molecular formula is C8H17NO7S2. The summed E-state index contributed by atoms with van der Waals surface area (Å²) >= 11 is 3.82. The predicted octanol–water partition coefficient (Wildman–Crippen LogP) is -1.45. The van der Waals surface area contributed by atoms with E-state index < -0.39 is 34.1 Å². The molecular weight excluding hydrogens is 286 g/mol. The maximum absolute atomic E-state index is 11.0. The van der Waals surface area contributed by atoms with Crippen molar-refractivity contribution in [3.05, 3.63) is 0 Å². The minimum absolute atomic E-state index is 0.107. The van der Waals surface area contributed by atoms with E-state index in [0.717, 1.165) is 0 Å². The van der Waals surface area contributed by atoms with Crippen molar-refractivity contribution in [2.45, 2.75) is 43.3 Å². The number of hydroxylamine groups is 2. The van der Waals surface area contributed by atoms with Gasteiger partial charge in [-0.25, -0.2) is 0 Å². The summed E-state index contributed by atoms with van der Waals surface area (Å²) in [5.74, 6) is 0.107. The lowest BCUT2D eigenvalue weighted by atomic mass is 10.3. The van der Waals surface area contributed by atoms with E-state index in [9.17, 15) is 23.7 Å². The molecule has 1 fully saturated rings. The van der Waals surface area contributed by atoms with Crippen LogP contribution in [0.1, 0.15) is 19.3 Å². The number of thiol groups is 1. The van der Waals surface area contributed by atoms with Crippen LogP contribution >= 0.6 is 12.6 Å². The van der Waals surface area contributed by atoms with Crippen LogP contribution in [-0.4, -0.2) is 63.1 Å². The first kappa shape index (κ1) is 16.1. The number of aliphatic hydroxyl groups is 3. The molecule has 0 aromatic rings. The summed E-state index contributed by atoms with van der Waals surface area (Å²) in [5, 5.41) is 27.6. The van der Waals surface area contributed by atoms with Crippen LogP contribution in [-0.2, 0) is 15.0 Å². The maximum Gasteiger partial charge on any atom is 0.272 e. The van der Waals surface area contributed by atoms with Crippen molar-refractivity contribution < 1.29 is 33.1 Å². The Bertz CT molecular complexity index is 352. The fraction of sp³-hybridized carbons (Fsp3) is 1.00. The zero-order valence-corrected chi connectivity index (χ0v) is 11.2. The predicted molar refractivity (Wildman–Crippen MR) is 64.0 cm³/mol. The molecule has 1 rings (SSSR count). The van der Waals surface area contributed by atoms with Gasteiger partial charge in [0, 0.05) is 0 Å². The summed E-state index contributed by atoms with van der Waals surface area (Å²) in [7, 11) is -4.52. The van der Waals surface area contributed by atoms with Crippen LogP contribution in [0.5, 0.6) is 0 Å². The standard InChI is InChI=1S/C8H17NO7S2/c10-6-1-2-7(11)9(6)16-8(12)5(3-4-17)18(13,14)15/h5-8,10-12,17H,1-4H2,(H,13,14,15). The van der Waals surface area contributed by atoms with Gasteiger partial charge in [-0.05, 0) is 25.0 Å². The molecule has 1 aliphatic rings. The van der Waals surface area contributed by atoms with Crippen LogP contribution in [0, 0.1) is 0 Å². The van der Waals surface area contributed by atoms with E-state index in [2.05, 4.69) is 12.6 Å². The first-order valence-electron chi connectivity index (χ1n) is 5.34. The maximum atomic E-state index is 11.0. The van der Waals surface area contributed by atoms with Crippen LogP contribution in [0.3, 0.4) is 0 Å². The van der Waals surface area contributed by atoms with Crippen molar-refractivity contribution in [3.63, 3.8) is 0 Å². The normalized spacial score (nSPS) is 29.4. The topological polar surface area (TPSA) is 128 Å². The van der Waals surface area contributed by atoms with Crippen molar-refractivity contribution in [2.24, 2.45) is 0 Å². The monoisotopic (exact) mass is 303 g/mol. The van der Waals surface area contributed by atoms with Gasteiger partial charge >= 0.3 is 0 Å². The summed E-state index contributed by atoms with van der Waals surface area (Å²) < 4.78 is 31.0. The van der Waals surface area contributed by atoms with E-state index in [0.29, 0.717) is 5.06 Å². The second kappa shape index (κ2) is 6.48. The van der Waals surface area contributed by atoms with Gasteiger partial charge in [0.25, 0.3) is 10.1 Å². The molecule has 0 saturated carbocycles. The van der Waals surface area contributed by atoms with Crippen LogP contribution < -0.4 is 0 Å². The summed E-state index contributed by atoms with van der Waals surface area (Å²) in [4.78, 5) is 4.79. The van der Waals surface area contributed by atoms with Gasteiger partial charge in [0.05, 0.1) is 0 Å². The molecule has 108 valence electrons. The molecule has 0 aromatic carbocycles. The largest absolute Gasteiger partial charge is 0.376 e. The van der Waals surface area contributed by atoms with Crippen LogP contribution in [0.15, 0.2) is 0 Å². The molecule has 8 nitrogen and oxygen atoms in total. The fourth-order valence-corrected chi connectivity index (χ4v) is 2.86. The Morgan fingerprint density at radius 2 is 1.83 bits per heavy atom. The molecule has 0 radical (unpaired) electrons. The number of nitrogens with zero attached hydrogens (tertiary/aromatic N) is 1.